The third-order valence-electron chi connectivity index (χ3n) is 3.05. The fourth-order valence-corrected chi connectivity index (χ4v) is 2.04. The van der Waals surface area contributed by atoms with Crippen molar-refractivity contribution < 1.29 is 4.79 Å². The summed E-state index contributed by atoms with van der Waals surface area (Å²) in [5, 5.41) is 11.1. The second-order valence-corrected chi connectivity index (χ2v) is 4.42. The predicted octanol–water partition coefficient (Wildman–Crippen LogP) is 1.70. The number of fused-ring (bicyclic) bond motifs is 1. The summed E-state index contributed by atoms with van der Waals surface area (Å²) in [5.74, 6) is 0.772. The van der Waals surface area contributed by atoms with Gasteiger partial charge in [-0.3, -0.25) is 9.20 Å². The minimum atomic E-state index is -0.0700. The second kappa shape index (κ2) is 5.52. The summed E-state index contributed by atoms with van der Waals surface area (Å²) in [6.07, 6.45) is 2.56. The number of benzene rings is 1. The standard InChI is InChI=1S/C15H14N4O/c20-15(12-6-2-1-3-7-12)16-10-9-14-18-17-13-8-4-5-11-19(13)14/h1-8,11H,9-10H2,(H,16,20). The first kappa shape index (κ1) is 12.3. The van der Waals surface area contributed by atoms with Crippen molar-refractivity contribution in [3.63, 3.8) is 0 Å². The van der Waals surface area contributed by atoms with Crippen molar-refractivity contribution in [1.82, 2.24) is 19.9 Å². The van der Waals surface area contributed by atoms with Crippen molar-refractivity contribution in [2.45, 2.75) is 6.42 Å². The summed E-state index contributed by atoms with van der Waals surface area (Å²) in [6, 6.07) is 14.9. The molecule has 2 aromatic heterocycles. The molecule has 2 heterocycles. The molecule has 0 unspecified atom stereocenters. The van der Waals surface area contributed by atoms with Crippen LogP contribution in [0.1, 0.15) is 16.2 Å². The first-order valence-corrected chi connectivity index (χ1v) is 6.46. The van der Waals surface area contributed by atoms with Crippen molar-refractivity contribution in [1.29, 1.82) is 0 Å². The lowest BCUT2D eigenvalue weighted by Gasteiger charge is -2.04. The zero-order valence-electron chi connectivity index (χ0n) is 10.9. The van der Waals surface area contributed by atoms with Crippen LogP contribution < -0.4 is 5.32 Å². The van der Waals surface area contributed by atoms with Crippen molar-refractivity contribution in [2.24, 2.45) is 0 Å². The normalized spacial score (nSPS) is 10.6. The highest BCUT2D eigenvalue weighted by Gasteiger charge is 2.06. The topological polar surface area (TPSA) is 59.3 Å². The Morgan fingerprint density at radius 2 is 1.85 bits per heavy atom. The van der Waals surface area contributed by atoms with Gasteiger partial charge in [0.15, 0.2) is 5.65 Å². The number of hydrogen-bond acceptors (Lipinski definition) is 3. The average molecular weight is 266 g/mol. The van der Waals surface area contributed by atoms with E-state index < -0.39 is 0 Å². The fraction of sp³-hybridized carbons (Fsp3) is 0.133. The van der Waals surface area contributed by atoms with Gasteiger partial charge in [0.2, 0.25) is 0 Å². The zero-order valence-corrected chi connectivity index (χ0v) is 10.9. The van der Waals surface area contributed by atoms with Gasteiger partial charge in [0.05, 0.1) is 0 Å². The van der Waals surface area contributed by atoms with E-state index in [0.29, 0.717) is 18.5 Å². The van der Waals surface area contributed by atoms with E-state index in [-0.39, 0.29) is 5.91 Å². The molecule has 3 rings (SSSR count). The van der Waals surface area contributed by atoms with Gasteiger partial charge >= 0.3 is 0 Å². The molecule has 0 bridgehead atoms. The van der Waals surface area contributed by atoms with Gasteiger partial charge in [-0.1, -0.05) is 24.3 Å². The Kier molecular flexibility index (Phi) is 3.41. The molecule has 20 heavy (non-hydrogen) atoms. The van der Waals surface area contributed by atoms with Crippen molar-refractivity contribution in [3.8, 4) is 0 Å². The Balaban J connectivity index is 1.62. The van der Waals surface area contributed by atoms with Crippen LogP contribution in [0, 0.1) is 0 Å². The Morgan fingerprint density at radius 3 is 2.70 bits per heavy atom. The molecule has 5 heteroatoms. The smallest absolute Gasteiger partial charge is 0.251 e. The van der Waals surface area contributed by atoms with Crippen molar-refractivity contribution in [3.05, 3.63) is 66.1 Å². The van der Waals surface area contributed by atoms with Gasteiger partial charge in [-0.25, -0.2) is 0 Å². The van der Waals surface area contributed by atoms with Crippen molar-refractivity contribution in [2.75, 3.05) is 6.54 Å². The van der Waals surface area contributed by atoms with E-state index in [4.69, 9.17) is 0 Å². The number of rotatable bonds is 4. The Hall–Kier alpha value is -2.69. The van der Waals surface area contributed by atoms with Gasteiger partial charge in [-0.15, -0.1) is 10.2 Å². The van der Waals surface area contributed by atoms with E-state index in [1.54, 1.807) is 12.1 Å². The van der Waals surface area contributed by atoms with Crippen LogP contribution in [0.5, 0.6) is 0 Å². The zero-order chi connectivity index (χ0) is 13.8. The molecule has 0 spiro atoms. The molecular weight excluding hydrogens is 252 g/mol. The number of nitrogens with zero attached hydrogens (tertiary/aromatic N) is 3. The quantitative estimate of drug-likeness (QED) is 0.782. The minimum absolute atomic E-state index is 0.0700. The highest BCUT2D eigenvalue weighted by atomic mass is 16.1. The van der Waals surface area contributed by atoms with Gasteiger partial charge in [0, 0.05) is 24.7 Å². The molecule has 0 saturated heterocycles. The molecule has 1 amide bonds. The third kappa shape index (κ3) is 2.51. The highest BCUT2D eigenvalue weighted by molar-refractivity contribution is 5.94. The maximum atomic E-state index is 11.9. The number of carbonyl (C=O) groups is 1. The third-order valence-corrected chi connectivity index (χ3v) is 3.05. The van der Waals surface area contributed by atoms with Crippen LogP contribution in [0.3, 0.4) is 0 Å². The molecule has 3 aromatic rings. The number of pyridine rings is 1. The first-order valence-electron chi connectivity index (χ1n) is 6.46. The number of amides is 1. The molecule has 1 N–H and O–H groups in total. The first-order chi connectivity index (χ1) is 9.84. The van der Waals surface area contributed by atoms with Gasteiger partial charge in [0.1, 0.15) is 5.82 Å². The van der Waals surface area contributed by atoms with Crippen LogP contribution in [-0.2, 0) is 6.42 Å². The molecule has 0 aliphatic rings. The molecule has 5 nitrogen and oxygen atoms in total. The van der Waals surface area contributed by atoms with E-state index in [0.717, 1.165) is 11.5 Å². The van der Waals surface area contributed by atoms with Gasteiger partial charge < -0.3 is 5.32 Å². The van der Waals surface area contributed by atoms with E-state index in [9.17, 15) is 4.79 Å². The molecule has 0 saturated carbocycles. The highest BCUT2D eigenvalue weighted by Crippen LogP contribution is 2.03. The number of nitrogens with one attached hydrogen (secondary N) is 1. The van der Waals surface area contributed by atoms with Crippen LogP contribution in [0.25, 0.3) is 5.65 Å². The molecule has 0 fully saturated rings. The van der Waals surface area contributed by atoms with Crippen LogP contribution in [-0.4, -0.2) is 27.0 Å². The minimum Gasteiger partial charge on any atom is -0.352 e. The van der Waals surface area contributed by atoms with Crippen LogP contribution >= 0.6 is 0 Å². The Morgan fingerprint density at radius 1 is 1.05 bits per heavy atom. The van der Waals surface area contributed by atoms with E-state index >= 15 is 0 Å². The summed E-state index contributed by atoms with van der Waals surface area (Å²) >= 11 is 0. The maximum absolute atomic E-state index is 11.9. The molecular formula is C15H14N4O. The summed E-state index contributed by atoms with van der Waals surface area (Å²) < 4.78 is 1.93. The van der Waals surface area contributed by atoms with Crippen molar-refractivity contribution >= 4 is 11.6 Å². The van der Waals surface area contributed by atoms with Crippen LogP contribution in [0.2, 0.25) is 0 Å². The molecule has 1 aromatic carbocycles. The Labute approximate surface area is 116 Å². The lowest BCUT2D eigenvalue weighted by Crippen LogP contribution is -2.26. The summed E-state index contributed by atoms with van der Waals surface area (Å²) in [4.78, 5) is 11.9. The largest absolute Gasteiger partial charge is 0.352 e. The predicted molar refractivity (Wildman–Crippen MR) is 75.5 cm³/mol. The fourth-order valence-electron chi connectivity index (χ4n) is 2.04. The van der Waals surface area contributed by atoms with E-state index in [2.05, 4.69) is 15.5 Å². The SMILES string of the molecule is O=C(NCCc1nnc2ccccn12)c1ccccc1. The van der Waals surface area contributed by atoms with Gasteiger partial charge in [0.25, 0.3) is 5.91 Å². The summed E-state index contributed by atoms with van der Waals surface area (Å²) in [6.45, 7) is 0.531. The van der Waals surface area contributed by atoms with Crippen LogP contribution in [0.15, 0.2) is 54.7 Å². The van der Waals surface area contributed by atoms with E-state index in [1.165, 1.54) is 0 Å². The average Bonchev–Trinajstić information content (AvgIpc) is 2.92. The number of carbonyl (C=O) groups excluding carboxylic acids is 1. The molecule has 0 radical (unpaired) electrons. The van der Waals surface area contributed by atoms with Crippen LogP contribution in [0.4, 0.5) is 0 Å². The monoisotopic (exact) mass is 266 g/mol. The lowest BCUT2D eigenvalue weighted by molar-refractivity contribution is 0.0954. The molecule has 0 aliphatic carbocycles. The second-order valence-electron chi connectivity index (χ2n) is 4.42. The van der Waals surface area contributed by atoms with E-state index in [1.807, 2.05) is 47.0 Å². The molecule has 0 aliphatic heterocycles. The molecule has 0 atom stereocenters. The number of aromatic nitrogens is 3. The van der Waals surface area contributed by atoms with Gasteiger partial charge in [-0.05, 0) is 24.3 Å². The van der Waals surface area contributed by atoms with Gasteiger partial charge in [-0.2, -0.15) is 0 Å². The Bertz CT molecular complexity index is 721. The maximum Gasteiger partial charge on any atom is 0.251 e. The number of hydrogen-bond donors (Lipinski definition) is 1. The summed E-state index contributed by atoms with van der Waals surface area (Å²) in [7, 11) is 0. The summed E-state index contributed by atoms with van der Waals surface area (Å²) in [5.41, 5.74) is 1.48. The molecule has 100 valence electrons. The lowest BCUT2D eigenvalue weighted by atomic mass is 10.2.